The molecule has 1 saturated heterocycles. The van der Waals surface area contributed by atoms with Crippen LogP contribution in [-0.4, -0.2) is 29.1 Å². The molecular weight excluding hydrogens is 351 g/mol. The zero-order valence-electron chi connectivity index (χ0n) is 14.9. The molecule has 1 fully saturated rings. The minimum atomic E-state index is -4.52. The van der Waals surface area contributed by atoms with E-state index in [2.05, 4.69) is 11.8 Å². The summed E-state index contributed by atoms with van der Waals surface area (Å²) in [7, 11) is 0. The number of aliphatic hydroxyl groups is 1. The van der Waals surface area contributed by atoms with Crippen molar-refractivity contribution in [2.45, 2.75) is 70.2 Å². The Morgan fingerprint density at radius 2 is 2.00 bits per heavy atom. The van der Waals surface area contributed by atoms with Crippen molar-refractivity contribution in [2.75, 3.05) is 13.1 Å². The number of nitrogens with zero attached hydrogens (tertiary/aromatic N) is 1. The van der Waals surface area contributed by atoms with E-state index in [-0.39, 0.29) is 11.1 Å². The van der Waals surface area contributed by atoms with Crippen molar-refractivity contribution >= 4 is 11.6 Å². The summed E-state index contributed by atoms with van der Waals surface area (Å²) in [6, 6.07) is 3.89. The largest absolute Gasteiger partial charge is 0.417 e. The Bertz CT molecular complexity index is 578. The van der Waals surface area contributed by atoms with E-state index in [0.717, 1.165) is 19.0 Å². The van der Waals surface area contributed by atoms with Gasteiger partial charge in [-0.25, -0.2) is 0 Å². The summed E-state index contributed by atoms with van der Waals surface area (Å²) in [5.74, 6) is 0. The monoisotopic (exact) mass is 377 g/mol. The molecule has 25 heavy (non-hydrogen) atoms. The number of hydrogen-bond donors (Lipinski definition) is 1. The molecular formula is C19H27ClF3NO. The van der Waals surface area contributed by atoms with Crippen molar-refractivity contribution in [1.29, 1.82) is 0 Å². The lowest BCUT2D eigenvalue weighted by molar-refractivity contribution is -0.137. The van der Waals surface area contributed by atoms with Crippen LogP contribution in [0.15, 0.2) is 18.2 Å². The summed E-state index contributed by atoms with van der Waals surface area (Å²) in [6.45, 7) is 5.87. The normalized spacial score (nSPS) is 25.3. The maximum absolute atomic E-state index is 13.1. The number of halogens is 4. The zero-order valence-corrected chi connectivity index (χ0v) is 15.6. The third-order valence-corrected chi connectivity index (χ3v) is 5.51. The van der Waals surface area contributed by atoms with E-state index in [1.807, 2.05) is 6.92 Å². The summed E-state index contributed by atoms with van der Waals surface area (Å²) in [5, 5.41) is 10.7. The smallest absolute Gasteiger partial charge is 0.385 e. The molecule has 0 saturated carbocycles. The van der Waals surface area contributed by atoms with E-state index in [9.17, 15) is 18.3 Å². The van der Waals surface area contributed by atoms with E-state index in [4.69, 9.17) is 11.6 Å². The van der Waals surface area contributed by atoms with Crippen molar-refractivity contribution in [3.8, 4) is 0 Å². The number of rotatable bonds is 6. The lowest BCUT2D eigenvalue weighted by Gasteiger charge is -2.43. The first-order chi connectivity index (χ1) is 11.7. The van der Waals surface area contributed by atoms with E-state index in [1.165, 1.54) is 31.4 Å². The van der Waals surface area contributed by atoms with Crippen molar-refractivity contribution in [2.24, 2.45) is 0 Å². The van der Waals surface area contributed by atoms with Gasteiger partial charge in [-0.1, -0.05) is 43.9 Å². The predicted octanol–water partition coefficient (Wildman–Crippen LogP) is 5.61. The maximum Gasteiger partial charge on any atom is 0.417 e. The number of likely N-dealkylation sites (tertiary alicyclic amines) is 1. The van der Waals surface area contributed by atoms with Crippen molar-refractivity contribution in [1.82, 2.24) is 4.90 Å². The van der Waals surface area contributed by atoms with Gasteiger partial charge in [0.05, 0.1) is 16.2 Å². The lowest BCUT2D eigenvalue weighted by atomic mass is 9.80. The molecule has 1 heterocycles. The van der Waals surface area contributed by atoms with Crippen LogP contribution in [0.5, 0.6) is 0 Å². The van der Waals surface area contributed by atoms with Gasteiger partial charge in [-0.15, -0.1) is 0 Å². The van der Waals surface area contributed by atoms with Crippen LogP contribution in [0.25, 0.3) is 0 Å². The molecule has 0 amide bonds. The van der Waals surface area contributed by atoms with Crippen molar-refractivity contribution < 1.29 is 18.3 Å². The van der Waals surface area contributed by atoms with Crippen LogP contribution in [0.3, 0.4) is 0 Å². The standard InChI is InChI=1S/C19H27ClF3NO/c1-3-4-5-6-10-24-11-9-18(25,13-14(24)2)15-7-8-17(20)16(12-15)19(21,22)23/h7-8,12,14,25H,3-6,9-11,13H2,1-2H3. The Morgan fingerprint density at radius 3 is 2.60 bits per heavy atom. The second-order valence-electron chi connectivity index (χ2n) is 7.12. The highest BCUT2D eigenvalue weighted by molar-refractivity contribution is 6.31. The molecule has 2 rings (SSSR count). The summed E-state index contributed by atoms with van der Waals surface area (Å²) in [6.07, 6.45) is 1.06. The SMILES string of the molecule is CCCCCCN1CCC(O)(c2ccc(Cl)c(C(F)(F)F)c2)CC1C. The Balaban J connectivity index is 2.08. The van der Waals surface area contributed by atoms with Gasteiger partial charge in [0, 0.05) is 12.6 Å². The van der Waals surface area contributed by atoms with Gasteiger partial charge < -0.3 is 10.0 Å². The Morgan fingerprint density at radius 1 is 1.28 bits per heavy atom. The molecule has 6 heteroatoms. The molecule has 0 bridgehead atoms. The Kier molecular flexibility index (Phi) is 6.80. The quantitative estimate of drug-likeness (QED) is 0.651. The van der Waals surface area contributed by atoms with Crippen molar-refractivity contribution in [3.05, 3.63) is 34.3 Å². The summed E-state index contributed by atoms with van der Waals surface area (Å²) < 4.78 is 39.3. The van der Waals surface area contributed by atoms with E-state index >= 15 is 0 Å². The van der Waals surface area contributed by atoms with E-state index in [1.54, 1.807) is 0 Å². The number of benzene rings is 1. The third kappa shape index (κ3) is 5.11. The zero-order chi connectivity index (χ0) is 18.7. The fraction of sp³-hybridized carbons (Fsp3) is 0.684. The van der Waals surface area contributed by atoms with E-state index < -0.39 is 17.3 Å². The fourth-order valence-corrected chi connectivity index (χ4v) is 3.86. The molecule has 0 spiro atoms. The summed E-state index contributed by atoms with van der Waals surface area (Å²) >= 11 is 5.69. The first-order valence-electron chi connectivity index (χ1n) is 9.01. The highest BCUT2D eigenvalue weighted by Crippen LogP contribution is 2.41. The first kappa shape index (κ1) is 20.5. The molecule has 1 aliphatic rings. The van der Waals surface area contributed by atoms with Gasteiger partial charge in [0.15, 0.2) is 0 Å². The Hall–Kier alpha value is -0.780. The van der Waals surface area contributed by atoms with Gasteiger partial charge in [-0.3, -0.25) is 0 Å². The molecule has 2 nitrogen and oxygen atoms in total. The van der Waals surface area contributed by atoms with Gasteiger partial charge in [0.1, 0.15) is 0 Å². The summed E-state index contributed by atoms with van der Waals surface area (Å²) in [5.41, 5.74) is -1.80. The lowest BCUT2D eigenvalue weighted by Crippen LogP contribution is -2.48. The summed E-state index contributed by atoms with van der Waals surface area (Å²) in [4.78, 5) is 2.32. The predicted molar refractivity (Wildman–Crippen MR) is 94.8 cm³/mol. The van der Waals surface area contributed by atoms with E-state index in [0.29, 0.717) is 24.9 Å². The van der Waals surface area contributed by atoms with Gasteiger partial charge >= 0.3 is 6.18 Å². The average molecular weight is 378 g/mol. The number of unbranched alkanes of at least 4 members (excludes halogenated alkanes) is 3. The van der Waals surface area contributed by atoms with Crippen LogP contribution >= 0.6 is 11.6 Å². The highest BCUT2D eigenvalue weighted by Gasteiger charge is 2.40. The molecule has 0 aliphatic carbocycles. The fourth-order valence-electron chi connectivity index (χ4n) is 3.64. The molecule has 2 atom stereocenters. The highest BCUT2D eigenvalue weighted by atomic mass is 35.5. The van der Waals surface area contributed by atoms with Crippen LogP contribution in [0.1, 0.15) is 63.5 Å². The van der Waals surface area contributed by atoms with Crippen LogP contribution in [0, 0.1) is 0 Å². The molecule has 0 aromatic heterocycles. The van der Waals surface area contributed by atoms with Crippen LogP contribution < -0.4 is 0 Å². The average Bonchev–Trinajstić information content (AvgIpc) is 2.52. The topological polar surface area (TPSA) is 23.5 Å². The van der Waals surface area contributed by atoms with Gasteiger partial charge in [-0.05, 0) is 50.4 Å². The van der Waals surface area contributed by atoms with Gasteiger partial charge in [0.2, 0.25) is 0 Å². The van der Waals surface area contributed by atoms with Crippen molar-refractivity contribution in [3.63, 3.8) is 0 Å². The van der Waals surface area contributed by atoms with Gasteiger partial charge in [-0.2, -0.15) is 13.2 Å². The molecule has 1 aromatic carbocycles. The number of piperidine rings is 1. The minimum Gasteiger partial charge on any atom is -0.385 e. The Labute approximate surface area is 153 Å². The second-order valence-corrected chi connectivity index (χ2v) is 7.53. The molecule has 1 N–H and O–H groups in total. The number of alkyl halides is 3. The molecule has 1 aromatic rings. The molecule has 2 unspecified atom stereocenters. The molecule has 1 aliphatic heterocycles. The first-order valence-corrected chi connectivity index (χ1v) is 9.39. The molecule has 0 radical (unpaired) electrons. The molecule has 142 valence electrons. The number of hydrogen-bond acceptors (Lipinski definition) is 2. The minimum absolute atomic E-state index is 0.130. The second kappa shape index (κ2) is 8.28. The van der Waals surface area contributed by atoms with Crippen LogP contribution in [0.2, 0.25) is 5.02 Å². The maximum atomic E-state index is 13.1. The van der Waals surface area contributed by atoms with Crippen LogP contribution in [0.4, 0.5) is 13.2 Å². The van der Waals surface area contributed by atoms with Crippen LogP contribution in [-0.2, 0) is 11.8 Å². The van der Waals surface area contributed by atoms with Gasteiger partial charge in [0.25, 0.3) is 0 Å². The third-order valence-electron chi connectivity index (χ3n) is 5.18.